The summed E-state index contributed by atoms with van der Waals surface area (Å²) in [5, 5.41) is 0. The monoisotopic (exact) mass is 384 g/mol. The molecule has 0 bridgehead atoms. The lowest BCUT2D eigenvalue weighted by Crippen LogP contribution is -2.45. The molecule has 0 heterocycles. The maximum Gasteiger partial charge on any atom is 0.133 e. The van der Waals surface area contributed by atoms with Gasteiger partial charge in [-0.3, -0.25) is 4.79 Å². The molecule has 2 fully saturated rings. The zero-order valence-corrected chi connectivity index (χ0v) is 19.3. The third kappa shape index (κ3) is 3.33. The molecule has 0 aromatic carbocycles. The summed E-state index contributed by atoms with van der Waals surface area (Å²) in [5.74, 6) is 4.68. The van der Waals surface area contributed by atoms with Crippen molar-refractivity contribution in [3.63, 3.8) is 0 Å². The van der Waals surface area contributed by atoms with Crippen molar-refractivity contribution < 1.29 is 4.79 Å². The molecule has 6 atom stereocenters. The zero-order chi connectivity index (χ0) is 20.1. The van der Waals surface area contributed by atoms with Crippen LogP contribution in [0.5, 0.6) is 0 Å². The SMILES string of the molecule is CC(C)CCCC(C)[C@H]1CC[C@H]2C3=C(CC[C@]12C)[C@@]1(C)CCC(=O)C[C@@H]1CC3. The van der Waals surface area contributed by atoms with Gasteiger partial charge in [0.15, 0.2) is 0 Å². The minimum absolute atomic E-state index is 0.351. The van der Waals surface area contributed by atoms with E-state index in [9.17, 15) is 4.79 Å². The van der Waals surface area contributed by atoms with E-state index in [2.05, 4.69) is 34.6 Å². The predicted octanol–water partition coefficient (Wildman–Crippen LogP) is 7.74. The maximum atomic E-state index is 12.1. The third-order valence-electron chi connectivity index (χ3n) is 10.0. The van der Waals surface area contributed by atoms with Gasteiger partial charge in [-0.05, 0) is 85.4 Å². The van der Waals surface area contributed by atoms with Crippen LogP contribution in [0.3, 0.4) is 0 Å². The molecule has 0 N–H and O–H groups in total. The van der Waals surface area contributed by atoms with Crippen LogP contribution in [0.15, 0.2) is 11.1 Å². The quantitative estimate of drug-likeness (QED) is 0.443. The molecule has 1 nitrogen and oxygen atoms in total. The Morgan fingerprint density at radius 2 is 1.75 bits per heavy atom. The predicted molar refractivity (Wildman–Crippen MR) is 118 cm³/mol. The first kappa shape index (κ1) is 20.7. The van der Waals surface area contributed by atoms with Gasteiger partial charge in [-0.25, -0.2) is 0 Å². The average molecular weight is 385 g/mol. The van der Waals surface area contributed by atoms with Crippen molar-refractivity contribution >= 4 is 5.78 Å². The number of allylic oxidation sites excluding steroid dienone is 2. The van der Waals surface area contributed by atoms with Crippen molar-refractivity contribution in [2.75, 3.05) is 0 Å². The Bertz CT molecular complexity index is 643. The van der Waals surface area contributed by atoms with Gasteiger partial charge < -0.3 is 0 Å². The van der Waals surface area contributed by atoms with Gasteiger partial charge in [0.1, 0.15) is 5.78 Å². The number of Topliss-reactive ketones (excluding diaryl/α,β-unsaturated/α-hetero) is 1. The lowest BCUT2D eigenvalue weighted by atomic mass is 9.50. The van der Waals surface area contributed by atoms with E-state index in [1.807, 2.05) is 11.1 Å². The van der Waals surface area contributed by atoms with Crippen molar-refractivity contribution in [1.29, 1.82) is 0 Å². The van der Waals surface area contributed by atoms with E-state index in [0.29, 0.717) is 22.5 Å². The number of hydrogen-bond acceptors (Lipinski definition) is 1. The third-order valence-corrected chi connectivity index (χ3v) is 10.0. The molecule has 1 heteroatoms. The summed E-state index contributed by atoms with van der Waals surface area (Å²) in [6, 6.07) is 0. The molecule has 2 saturated carbocycles. The first-order valence-electron chi connectivity index (χ1n) is 12.5. The summed E-state index contributed by atoms with van der Waals surface area (Å²) < 4.78 is 0. The summed E-state index contributed by atoms with van der Waals surface area (Å²) in [5.41, 5.74) is 4.62. The molecule has 1 unspecified atom stereocenters. The van der Waals surface area contributed by atoms with Crippen LogP contribution >= 0.6 is 0 Å². The fraction of sp³-hybridized carbons (Fsp3) is 0.889. The molecule has 28 heavy (non-hydrogen) atoms. The smallest absolute Gasteiger partial charge is 0.133 e. The van der Waals surface area contributed by atoms with Crippen LogP contribution < -0.4 is 0 Å². The summed E-state index contributed by atoms with van der Waals surface area (Å²) in [6.45, 7) is 12.5. The topological polar surface area (TPSA) is 17.1 Å². The molecule has 0 aliphatic heterocycles. The van der Waals surface area contributed by atoms with Crippen LogP contribution in [0.2, 0.25) is 0 Å². The minimum Gasteiger partial charge on any atom is -0.300 e. The van der Waals surface area contributed by atoms with E-state index in [4.69, 9.17) is 0 Å². The highest BCUT2D eigenvalue weighted by Crippen LogP contribution is 2.65. The highest BCUT2D eigenvalue weighted by Gasteiger charge is 2.55. The van der Waals surface area contributed by atoms with Crippen molar-refractivity contribution in [1.82, 2.24) is 0 Å². The minimum atomic E-state index is 0.351. The van der Waals surface area contributed by atoms with Crippen molar-refractivity contribution in [2.45, 2.75) is 112 Å². The molecular formula is C27H44O. The summed E-state index contributed by atoms with van der Waals surface area (Å²) in [4.78, 5) is 12.1. The summed E-state index contributed by atoms with van der Waals surface area (Å²) in [7, 11) is 0. The van der Waals surface area contributed by atoms with E-state index in [1.54, 1.807) is 0 Å². The van der Waals surface area contributed by atoms with Gasteiger partial charge >= 0.3 is 0 Å². The van der Waals surface area contributed by atoms with E-state index in [0.717, 1.165) is 42.9 Å². The van der Waals surface area contributed by atoms with Crippen LogP contribution in [0.1, 0.15) is 112 Å². The van der Waals surface area contributed by atoms with E-state index >= 15 is 0 Å². The van der Waals surface area contributed by atoms with Gasteiger partial charge in [-0.2, -0.15) is 0 Å². The molecular weight excluding hydrogens is 340 g/mol. The second kappa shape index (κ2) is 7.59. The first-order chi connectivity index (χ1) is 13.3. The van der Waals surface area contributed by atoms with Gasteiger partial charge in [0.05, 0.1) is 0 Å². The highest BCUT2D eigenvalue weighted by atomic mass is 16.1. The number of hydrogen-bond donors (Lipinski definition) is 0. The Morgan fingerprint density at radius 1 is 0.964 bits per heavy atom. The molecule has 0 aromatic rings. The Morgan fingerprint density at radius 3 is 2.50 bits per heavy atom. The molecule has 158 valence electrons. The van der Waals surface area contributed by atoms with Crippen LogP contribution in [0.4, 0.5) is 0 Å². The van der Waals surface area contributed by atoms with Crippen molar-refractivity contribution in [3.05, 3.63) is 11.1 Å². The van der Waals surface area contributed by atoms with Crippen molar-refractivity contribution in [3.8, 4) is 0 Å². The molecule has 4 aliphatic rings. The number of carbonyl (C=O) groups excluding carboxylic acids is 1. The number of fused-ring (bicyclic) bond motifs is 4. The van der Waals surface area contributed by atoms with Gasteiger partial charge in [0.2, 0.25) is 0 Å². The normalized spacial score (nSPS) is 41.6. The Balaban J connectivity index is 1.53. The fourth-order valence-corrected chi connectivity index (χ4v) is 8.28. The molecule has 0 aromatic heterocycles. The lowest BCUT2D eigenvalue weighted by molar-refractivity contribution is -0.124. The number of rotatable bonds is 5. The van der Waals surface area contributed by atoms with Crippen LogP contribution in [0, 0.1) is 40.4 Å². The van der Waals surface area contributed by atoms with Crippen LogP contribution in [-0.2, 0) is 4.79 Å². The Kier molecular flexibility index (Phi) is 5.60. The summed E-state index contributed by atoms with van der Waals surface area (Å²) >= 11 is 0. The molecule has 4 aliphatic carbocycles. The van der Waals surface area contributed by atoms with E-state index in [1.165, 1.54) is 57.8 Å². The maximum absolute atomic E-state index is 12.1. The second-order valence-electron chi connectivity index (χ2n) is 11.9. The molecule has 0 spiro atoms. The zero-order valence-electron chi connectivity index (χ0n) is 19.3. The molecule has 0 saturated heterocycles. The molecule has 0 radical (unpaired) electrons. The van der Waals surface area contributed by atoms with Gasteiger partial charge in [0, 0.05) is 12.8 Å². The van der Waals surface area contributed by atoms with E-state index in [-0.39, 0.29) is 0 Å². The standard InChI is InChI=1S/C27H44O/c1-18(2)7-6-8-19(3)23-11-12-24-22-10-9-20-17-21(28)13-15-26(20,4)25(22)14-16-27(23,24)5/h18-20,23-24H,6-17H2,1-5H3/t19?,20-,23+,24-,26-,27+/m0/s1. The largest absolute Gasteiger partial charge is 0.300 e. The average Bonchev–Trinajstić information content (AvgIpc) is 2.99. The lowest BCUT2D eigenvalue weighted by Gasteiger charge is -2.54. The highest BCUT2D eigenvalue weighted by molar-refractivity contribution is 5.80. The fourth-order valence-electron chi connectivity index (χ4n) is 8.28. The second-order valence-corrected chi connectivity index (χ2v) is 11.9. The Hall–Kier alpha value is -0.590. The number of carbonyl (C=O) groups is 1. The molecule has 0 amide bonds. The van der Waals surface area contributed by atoms with Gasteiger partial charge in [-0.15, -0.1) is 0 Å². The summed E-state index contributed by atoms with van der Waals surface area (Å²) in [6.07, 6.45) is 15.3. The first-order valence-corrected chi connectivity index (χ1v) is 12.5. The molecule has 4 rings (SSSR count). The van der Waals surface area contributed by atoms with Gasteiger partial charge in [0.25, 0.3) is 0 Å². The van der Waals surface area contributed by atoms with Gasteiger partial charge in [-0.1, -0.05) is 65.0 Å². The van der Waals surface area contributed by atoms with Crippen LogP contribution in [-0.4, -0.2) is 5.78 Å². The van der Waals surface area contributed by atoms with E-state index < -0.39 is 0 Å². The Labute approximate surface area is 174 Å². The van der Waals surface area contributed by atoms with Crippen LogP contribution in [0.25, 0.3) is 0 Å². The van der Waals surface area contributed by atoms with Crippen molar-refractivity contribution in [2.24, 2.45) is 40.4 Å². The number of ketones is 1.